The summed E-state index contributed by atoms with van der Waals surface area (Å²) in [6.07, 6.45) is 3.45. The molecule has 1 heterocycles. The monoisotopic (exact) mass is 443 g/mol. The first-order chi connectivity index (χ1) is 15.3. The number of allylic oxidation sites excluding steroid dienone is 2. The van der Waals surface area contributed by atoms with E-state index in [1.807, 2.05) is 58.9 Å². The molecule has 0 radical (unpaired) electrons. The van der Waals surface area contributed by atoms with E-state index in [0.29, 0.717) is 35.8 Å². The van der Waals surface area contributed by atoms with Crippen LogP contribution in [0, 0.1) is 5.92 Å². The van der Waals surface area contributed by atoms with Crippen LogP contribution in [0.2, 0.25) is 0 Å². The largest absolute Gasteiger partial charge is 0.497 e. The van der Waals surface area contributed by atoms with Crippen LogP contribution in [-0.4, -0.2) is 32.3 Å². The number of hydrogen-bond donors (Lipinski definition) is 1. The van der Waals surface area contributed by atoms with Crippen molar-refractivity contribution in [2.75, 3.05) is 20.3 Å². The summed E-state index contributed by atoms with van der Waals surface area (Å²) in [4.78, 5) is 26.3. The Morgan fingerprint density at radius 3 is 1.97 bits per heavy atom. The van der Waals surface area contributed by atoms with Gasteiger partial charge in [-0.15, -0.1) is 0 Å². The first-order valence-electron chi connectivity index (χ1n) is 11.5. The van der Waals surface area contributed by atoms with Crippen LogP contribution in [0.1, 0.15) is 71.8 Å². The fourth-order valence-corrected chi connectivity index (χ4v) is 3.98. The van der Waals surface area contributed by atoms with Gasteiger partial charge in [0.15, 0.2) is 0 Å². The fourth-order valence-electron chi connectivity index (χ4n) is 3.98. The lowest BCUT2D eigenvalue weighted by molar-refractivity contribution is -0.141. The van der Waals surface area contributed by atoms with Gasteiger partial charge in [-0.2, -0.15) is 0 Å². The van der Waals surface area contributed by atoms with Crippen molar-refractivity contribution in [3.63, 3.8) is 0 Å². The quantitative estimate of drug-likeness (QED) is 0.372. The van der Waals surface area contributed by atoms with Gasteiger partial charge < -0.3 is 19.5 Å². The number of methoxy groups -OCH3 is 1. The van der Waals surface area contributed by atoms with E-state index in [1.54, 1.807) is 7.11 Å². The molecule has 0 spiro atoms. The van der Waals surface area contributed by atoms with Crippen molar-refractivity contribution in [3.05, 3.63) is 52.4 Å². The molecule has 1 N–H and O–H groups in total. The topological polar surface area (TPSA) is 73.9 Å². The molecule has 0 bridgehead atoms. The molecule has 0 amide bonds. The number of carbonyl (C=O) groups excluding carboxylic acids is 2. The Morgan fingerprint density at radius 1 is 0.969 bits per heavy atom. The van der Waals surface area contributed by atoms with Gasteiger partial charge in [-0.1, -0.05) is 45.7 Å². The Hall–Kier alpha value is -2.76. The van der Waals surface area contributed by atoms with Gasteiger partial charge in [-0.3, -0.25) is 0 Å². The van der Waals surface area contributed by atoms with Crippen LogP contribution in [0.5, 0.6) is 5.75 Å². The first-order valence-corrected chi connectivity index (χ1v) is 11.5. The van der Waals surface area contributed by atoms with E-state index in [9.17, 15) is 9.59 Å². The SMILES string of the molecule is CCCCOC(=O)C1=C(C)NC(C)=C(C(=O)OCCCC)C1C(C)c1cccc(OC)c1. The van der Waals surface area contributed by atoms with Gasteiger partial charge in [0, 0.05) is 17.3 Å². The second kappa shape index (κ2) is 12.3. The van der Waals surface area contributed by atoms with Crippen LogP contribution in [0.25, 0.3) is 0 Å². The second-order valence-electron chi connectivity index (χ2n) is 8.22. The average molecular weight is 444 g/mol. The van der Waals surface area contributed by atoms with E-state index < -0.39 is 17.9 Å². The Bertz CT molecular complexity index is 827. The molecule has 32 heavy (non-hydrogen) atoms. The van der Waals surface area contributed by atoms with Gasteiger partial charge in [0.1, 0.15) is 5.75 Å². The Balaban J connectivity index is 2.50. The van der Waals surface area contributed by atoms with Crippen molar-refractivity contribution in [2.45, 2.75) is 66.2 Å². The van der Waals surface area contributed by atoms with E-state index in [-0.39, 0.29) is 5.92 Å². The zero-order chi connectivity index (χ0) is 23.7. The zero-order valence-corrected chi connectivity index (χ0v) is 20.2. The van der Waals surface area contributed by atoms with Crippen LogP contribution in [0.15, 0.2) is 46.8 Å². The van der Waals surface area contributed by atoms with Crippen LogP contribution in [0.4, 0.5) is 0 Å². The molecule has 0 aliphatic carbocycles. The van der Waals surface area contributed by atoms with E-state index in [2.05, 4.69) is 5.32 Å². The third-order valence-corrected chi connectivity index (χ3v) is 5.83. The number of dihydropyridines is 1. The molecule has 1 atom stereocenters. The first kappa shape index (κ1) is 25.5. The van der Waals surface area contributed by atoms with E-state index in [0.717, 1.165) is 37.0 Å². The number of ether oxygens (including phenoxy) is 3. The summed E-state index contributed by atoms with van der Waals surface area (Å²) < 4.78 is 16.6. The normalized spacial score (nSPS) is 15.3. The van der Waals surface area contributed by atoms with Gasteiger partial charge >= 0.3 is 11.9 Å². The van der Waals surface area contributed by atoms with Crippen molar-refractivity contribution in [1.29, 1.82) is 0 Å². The molecular weight excluding hydrogens is 406 g/mol. The second-order valence-corrected chi connectivity index (χ2v) is 8.22. The standard InChI is InChI=1S/C26H37NO5/c1-7-9-14-31-25(28)23-18(4)27-19(5)24(26(29)32-15-10-8-2)22(23)17(3)20-12-11-13-21(16-20)30-6/h11-13,16-17,22,27H,7-10,14-15H2,1-6H3. The Kier molecular flexibility index (Phi) is 9.82. The molecule has 6 heteroatoms. The summed E-state index contributed by atoms with van der Waals surface area (Å²) in [5, 5.41) is 3.21. The van der Waals surface area contributed by atoms with Crippen molar-refractivity contribution in [2.24, 2.45) is 5.92 Å². The fraction of sp³-hybridized carbons (Fsp3) is 0.538. The number of nitrogens with one attached hydrogen (secondary N) is 1. The van der Waals surface area contributed by atoms with Gasteiger partial charge in [-0.05, 0) is 50.3 Å². The van der Waals surface area contributed by atoms with Crippen molar-refractivity contribution >= 4 is 11.9 Å². The van der Waals surface area contributed by atoms with Crippen LogP contribution >= 0.6 is 0 Å². The summed E-state index contributed by atoms with van der Waals surface area (Å²) in [6.45, 7) is 10.5. The molecule has 1 aliphatic rings. The molecule has 0 fully saturated rings. The van der Waals surface area contributed by atoms with Crippen molar-refractivity contribution in [1.82, 2.24) is 5.32 Å². The zero-order valence-electron chi connectivity index (χ0n) is 20.2. The highest BCUT2D eigenvalue weighted by Gasteiger charge is 2.40. The maximum atomic E-state index is 13.2. The van der Waals surface area contributed by atoms with Crippen molar-refractivity contribution < 1.29 is 23.8 Å². The molecule has 1 aromatic rings. The molecule has 176 valence electrons. The number of esters is 2. The predicted octanol–water partition coefficient (Wildman–Crippen LogP) is 5.25. The molecule has 0 saturated heterocycles. The molecular formula is C26H37NO5. The third kappa shape index (κ3) is 6.15. The summed E-state index contributed by atoms with van der Waals surface area (Å²) in [5.74, 6) is -0.737. The molecule has 6 nitrogen and oxygen atoms in total. The number of rotatable bonds is 11. The lowest BCUT2D eigenvalue weighted by atomic mass is 9.74. The molecule has 1 aliphatic heterocycles. The van der Waals surface area contributed by atoms with Crippen molar-refractivity contribution in [3.8, 4) is 5.75 Å². The van der Waals surface area contributed by atoms with Gasteiger partial charge in [-0.25, -0.2) is 9.59 Å². The van der Waals surface area contributed by atoms with E-state index in [1.165, 1.54) is 0 Å². The molecule has 1 aromatic carbocycles. The summed E-state index contributed by atoms with van der Waals surface area (Å²) in [5.41, 5.74) is 3.33. The van der Waals surface area contributed by atoms with Crippen LogP contribution in [-0.2, 0) is 19.1 Å². The maximum Gasteiger partial charge on any atom is 0.336 e. The van der Waals surface area contributed by atoms with Gasteiger partial charge in [0.2, 0.25) is 0 Å². The summed E-state index contributed by atoms with van der Waals surface area (Å²) >= 11 is 0. The summed E-state index contributed by atoms with van der Waals surface area (Å²) in [7, 11) is 1.62. The molecule has 2 rings (SSSR count). The van der Waals surface area contributed by atoms with E-state index >= 15 is 0 Å². The number of benzene rings is 1. The number of unbranched alkanes of at least 4 members (excludes halogenated alkanes) is 2. The minimum Gasteiger partial charge on any atom is -0.497 e. The Morgan fingerprint density at radius 2 is 1.50 bits per heavy atom. The van der Waals surface area contributed by atoms with Crippen LogP contribution in [0.3, 0.4) is 0 Å². The lowest BCUT2D eigenvalue weighted by Gasteiger charge is -2.34. The third-order valence-electron chi connectivity index (χ3n) is 5.83. The van der Waals surface area contributed by atoms with E-state index in [4.69, 9.17) is 14.2 Å². The van der Waals surface area contributed by atoms with Gasteiger partial charge in [0.25, 0.3) is 0 Å². The highest BCUT2D eigenvalue weighted by molar-refractivity contribution is 5.98. The minimum absolute atomic E-state index is 0.181. The summed E-state index contributed by atoms with van der Waals surface area (Å²) in [6, 6.07) is 7.72. The smallest absolute Gasteiger partial charge is 0.336 e. The molecule has 1 unspecified atom stereocenters. The number of carbonyl (C=O) groups is 2. The van der Waals surface area contributed by atoms with Crippen LogP contribution < -0.4 is 10.1 Å². The molecule has 0 saturated carbocycles. The number of hydrogen-bond acceptors (Lipinski definition) is 6. The minimum atomic E-state index is -0.494. The predicted molar refractivity (Wildman–Crippen MR) is 125 cm³/mol. The lowest BCUT2D eigenvalue weighted by Crippen LogP contribution is -2.36. The molecule has 0 aromatic heterocycles. The highest BCUT2D eigenvalue weighted by atomic mass is 16.5. The van der Waals surface area contributed by atoms with Gasteiger partial charge in [0.05, 0.1) is 31.5 Å². The average Bonchev–Trinajstić information content (AvgIpc) is 2.78. The maximum absolute atomic E-state index is 13.2. The highest BCUT2D eigenvalue weighted by Crippen LogP contribution is 2.41. The Labute approximate surface area is 192 Å².